The molecule has 0 heterocycles. The topological polar surface area (TPSA) is 136 Å². The van der Waals surface area contributed by atoms with Crippen molar-refractivity contribution in [3.63, 3.8) is 0 Å². The van der Waals surface area contributed by atoms with Gasteiger partial charge in [-0.05, 0) is 61.2 Å². The molecule has 3 aromatic rings. The van der Waals surface area contributed by atoms with E-state index < -0.39 is 26.5 Å². The second-order valence-electron chi connectivity index (χ2n) is 8.25. The average Bonchev–Trinajstić information content (AvgIpc) is 2.83. The smallest absolute Gasteiger partial charge is 0.324 e. The van der Waals surface area contributed by atoms with Crippen LogP contribution in [0.3, 0.4) is 0 Å². The maximum absolute atomic E-state index is 12.6. The van der Waals surface area contributed by atoms with Crippen molar-refractivity contribution in [2.75, 3.05) is 0 Å². The van der Waals surface area contributed by atoms with Gasteiger partial charge in [-0.3, -0.25) is 14.9 Å². The first kappa shape index (κ1) is 25.9. The van der Waals surface area contributed by atoms with Crippen molar-refractivity contribution in [1.82, 2.24) is 4.72 Å². The Labute approximate surface area is 203 Å². The van der Waals surface area contributed by atoms with Crippen LogP contribution in [0.2, 0.25) is 0 Å². The maximum Gasteiger partial charge on any atom is 0.324 e. The fraction of sp³-hybridized carbons (Fsp3) is 0.240. The molecular weight excluding hydrogens is 472 g/mol. The molecule has 0 aliphatic rings. The minimum Gasteiger partial charge on any atom is -0.489 e. The third-order valence-electron chi connectivity index (χ3n) is 5.90. The van der Waals surface area contributed by atoms with Gasteiger partial charge < -0.3 is 9.84 Å². The number of aliphatic carboxylic acids is 1. The predicted octanol–water partition coefficient (Wildman–Crippen LogP) is 4.68. The highest BCUT2D eigenvalue weighted by atomic mass is 32.2. The van der Waals surface area contributed by atoms with Crippen LogP contribution in [-0.4, -0.2) is 30.0 Å². The van der Waals surface area contributed by atoms with Gasteiger partial charge in [-0.15, -0.1) is 0 Å². The first-order valence-electron chi connectivity index (χ1n) is 10.8. The molecule has 10 heteroatoms. The SMILES string of the molecule is CCC(C)(NS(=O)(=O)c1ccc(-c2ccc(OCc3cccc([N+](=O)[O-])c3C)cc2)cc1)C(=O)O. The molecule has 0 amide bonds. The first-order chi connectivity index (χ1) is 16.5. The Morgan fingerprint density at radius 1 is 1.06 bits per heavy atom. The van der Waals surface area contributed by atoms with Crippen LogP contribution < -0.4 is 9.46 Å². The van der Waals surface area contributed by atoms with E-state index in [1.54, 1.807) is 50.2 Å². The van der Waals surface area contributed by atoms with Gasteiger partial charge in [0.15, 0.2) is 0 Å². The Morgan fingerprint density at radius 3 is 2.14 bits per heavy atom. The largest absolute Gasteiger partial charge is 0.489 e. The number of carboxylic acid groups (broad SMARTS) is 1. The van der Waals surface area contributed by atoms with E-state index in [1.165, 1.54) is 25.1 Å². The van der Waals surface area contributed by atoms with Gasteiger partial charge in [-0.1, -0.05) is 43.3 Å². The Morgan fingerprint density at radius 2 is 1.63 bits per heavy atom. The number of benzene rings is 3. The van der Waals surface area contributed by atoms with Crippen LogP contribution in [0.1, 0.15) is 31.4 Å². The molecule has 0 saturated carbocycles. The molecule has 0 spiro atoms. The summed E-state index contributed by atoms with van der Waals surface area (Å²) in [6.45, 7) is 4.78. The monoisotopic (exact) mass is 498 g/mol. The predicted molar refractivity (Wildman–Crippen MR) is 131 cm³/mol. The Kier molecular flexibility index (Phi) is 7.57. The van der Waals surface area contributed by atoms with Gasteiger partial charge >= 0.3 is 5.97 Å². The van der Waals surface area contributed by atoms with Gasteiger partial charge in [0.2, 0.25) is 10.0 Å². The minimum absolute atomic E-state index is 0.0329. The lowest BCUT2D eigenvalue weighted by atomic mass is 10.0. The van der Waals surface area contributed by atoms with Crippen molar-refractivity contribution < 1.29 is 28.0 Å². The molecule has 0 aromatic heterocycles. The fourth-order valence-electron chi connectivity index (χ4n) is 3.38. The van der Waals surface area contributed by atoms with Crippen LogP contribution in [-0.2, 0) is 21.4 Å². The molecule has 2 N–H and O–H groups in total. The number of sulfonamides is 1. The zero-order valence-electron chi connectivity index (χ0n) is 19.5. The van der Waals surface area contributed by atoms with Crippen molar-refractivity contribution >= 4 is 21.7 Å². The number of hydrogen-bond donors (Lipinski definition) is 2. The Bertz CT molecular complexity index is 1340. The zero-order valence-corrected chi connectivity index (χ0v) is 20.3. The molecule has 1 unspecified atom stereocenters. The molecule has 0 bridgehead atoms. The summed E-state index contributed by atoms with van der Waals surface area (Å²) < 4.78 is 33.3. The third-order valence-corrected chi connectivity index (χ3v) is 7.51. The van der Waals surface area contributed by atoms with Crippen LogP contribution in [0.15, 0.2) is 71.6 Å². The molecule has 184 valence electrons. The number of nitro benzene ring substituents is 1. The van der Waals surface area contributed by atoms with E-state index in [0.717, 1.165) is 16.7 Å². The van der Waals surface area contributed by atoms with Gasteiger partial charge in [-0.25, -0.2) is 8.42 Å². The Hall–Kier alpha value is -3.76. The summed E-state index contributed by atoms with van der Waals surface area (Å²) in [7, 11) is -4.02. The van der Waals surface area contributed by atoms with E-state index >= 15 is 0 Å². The van der Waals surface area contributed by atoms with Gasteiger partial charge in [0.25, 0.3) is 5.69 Å². The lowest BCUT2D eigenvalue weighted by molar-refractivity contribution is -0.385. The average molecular weight is 499 g/mol. The van der Waals surface area contributed by atoms with Crippen LogP contribution in [0, 0.1) is 17.0 Å². The molecule has 0 saturated heterocycles. The second-order valence-corrected chi connectivity index (χ2v) is 9.93. The Balaban J connectivity index is 1.71. The highest BCUT2D eigenvalue weighted by Gasteiger charge is 2.36. The lowest BCUT2D eigenvalue weighted by Crippen LogP contribution is -2.51. The highest BCUT2D eigenvalue weighted by Crippen LogP contribution is 2.26. The molecule has 3 rings (SSSR count). The van der Waals surface area contributed by atoms with E-state index in [2.05, 4.69) is 4.72 Å². The zero-order chi connectivity index (χ0) is 25.8. The van der Waals surface area contributed by atoms with Gasteiger partial charge in [0, 0.05) is 11.6 Å². The quantitative estimate of drug-likeness (QED) is 0.306. The number of hydrogen-bond acceptors (Lipinski definition) is 6. The lowest BCUT2D eigenvalue weighted by Gasteiger charge is -2.24. The number of carboxylic acids is 1. The molecule has 35 heavy (non-hydrogen) atoms. The number of ether oxygens (including phenoxy) is 1. The normalized spacial score (nSPS) is 13.1. The molecule has 1 atom stereocenters. The minimum atomic E-state index is -4.02. The summed E-state index contributed by atoms with van der Waals surface area (Å²) in [6, 6.07) is 18.1. The van der Waals surface area contributed by atoms with E-state index in [-0.39, 0.29) is 23.6 Å². The van der Waals surface area contributed by atoms with Gasteiger partial charge in [0.05, 0.1) is 9.82 Å². The van der Waals surface area contributed by atoms with Gasteiger partial charge in [0.1, 0.15) is 17.9 Å². The summed E-state index contributed by atoms with van der Waals surface area (Å²) in [5.41, 5.74) is 1.31. The molecule has 0 aliphatic carbocycles. The van der Waals surface area contributed by atoms with Gasteiger partial charge in [-0.2, -0.15) is 4.72 Å². The van der Waals surface area contributed by atoms with Crippen molar-refractivity contribution in [1.29, 1.82) is 0 Å². The molecule has 9 nitrogen and oxygen atoms in total. The molecule has 0 aliphatic heterocycles. The van der Waals surface area contributed by atoms with Crippen LogP contribution in [0.25, 0.3) is 11.1 Å². The standard InChI is InChI=1S/C25H26N2O7S/c1-4-25(3,24(28)29)26-35(32,33)22-14-10-19(11-15-22)18-8-12-21(13-9-18)34-16-20-6-5-7-23(17(20)2)27(30)31/h5-15,26H,4,16H2,1-3H3,(H,28,29). The van der Waals surface area contributed by atoms with E-state index in [0.29, 0.717) is 11.3 Å². The van der Waals surface area contributed by atoms with E-state index in [4.69, 9.17) is 4.74 Å². The van der Waals surface area contributed by atoms with Crippen LogP contribution in [0.5, 0.6) is 5.75 Å². The molecule has 3 aromatic carbocycles. The van der Waals surface area contributed by atoms with E-state index in [9.17, 15) is 28.4 Å². The van der Waals surface area contributed by atoms with Crippen molar-refractivity contribution in [2.24, 2.45) is 0 Å². The van der Waals surface area contributed by atoms with E-state index in [1.807, 2.05) is 12.1 Å². The van der Waals surface area contributed by atoms with Crippen molar-refractivity contribution in [3.05, 3.63) is 88.0 Å². The number of rotatable bonds is 10. The number of nitro groups is 1. The summed E-state index contributed by atoms with van der Waals surface area (Å²) >= 11 is 0. The summed E-state index contributed by atoms with van der Waals surface area (Å²) in [6.07, 6.45) is 0.0921. The highest BCUT2D eigenvalue weighted by molar-refractivity contribution is 7.89. The second kappa shape index (κ2) is 10.2. The third kappa shape index (κ3) is 5.84. The van der Waals surface area contributed by atoms with Crippen molar-refractivity contribution in [3.8, 4) is 16.9 Å². The molecular formula is C25H26N2O7S. The first-order valence-corrected chi connectivity index (χ1v) is 12.3. The maximum atomic E-state index is 12.6. The number of nitrogens with zero attached hydrogens (tertiary/aromatic N) is 1. The number of carbonyl (C=O) groups is 1. The van der Waals surface area contributed by atoms with Crippen molar-refractivity contribution in [2.45, 2.75) is 44.2 Å². The summed E-state index contributed by atoms with van der Waals surface area (Å²) in [5, 5.41) is 20.4. The molecule has 0 fully saturated rings. The van der Waals surface area contributed by atoms with Crippen LogP contribution >= 0.6 is 0 Å². The van der Waals surface area contributed by atoms with Crippen LogP contribution in [0.4, 0.5) is 5.69 Å². The number of nitrogens with one attached hydrogen (secondary N) is 1. The summed E-state index contributed by atoms with van der Waals surface area (Å²) in [4.78, 5) is 22.1. The fourth-order valence-corrected chi connectivity index (χ4v) is 4.81. The summed E-state index contributed by atoms with van der Waals surface area (Å²) in [5.74, 6) is -0.668. The molecule has 0 radical (unpaired) electrons.